The summed E-state index contributed by atoms with van der Waals surface area (Å²) in [6.07, 6.45) is 1.56. The van der Waals surface area contributed by atoms with Crippen LogP contribution in [0.3, 0.4) is 0 Å². The maximum Gasteiger partial charge on any atom is 0.290 e. The van der Waals surface area contributed by atoms with Crippen molar-refractivity contribution in [2.45, 2.75) is 13.5 Å². The van der Waals surface area contributed by atoms with Crippen molar-refractivity contribution in [3.8, 4) is 10.4 Å². The van der Waals surface area contributed by atoms with E-state index < -0.39 is 0 Å². The van der Waals surface area contributed by atoms with Crippen LogP contribution in [0.5, 0.6) is 0 Å². The van der Waals surface area contributed by atoms with Crippen molar-refractivity contribution >= 4 is 56.3 Å². The van der Waals surface area contributed by atoms with Gasteiger partial charge in [-0.05, 0) is 60.5 Å². The van der Waals surface area contributed by atoms with Crippen LogP contribution in [0.2, 0.25) is 10.0 Å². The lowest BCUT2D eigenvalue weighted by Gasteiger charge is -2.09. The van der Waals surface area contributed by atoms with Gasteiger partial charge in [-0.2, -0.15) is 4.98 Å². The Morgan fingerprint density at radius 1 is 1.03 bits per heavy atom. The topological polar surface area (TPSA) is 64.0 Å². The minimum atomic E-state index is -0.267. The summed E-state index contributed by atoms with van der Waals surface area (Å²) in [5.74, 6) is -0.226. The van der Waals surface area contributed by atoms with E-state index in [0.29, 0.717) is 32.5 Å². The Morgan fingerprint density at radius 2 is 1.83 bits per heavy atom. The fourth-order valence-corrected chi connectivity index (χ4v) is 5.21. The number of halogens is 2. The number of hydrogen-bond donors (Lipinski definition) is 1. The van der Waals surface area contributed by atoms with E-state index in [1.165, 1.54) is 11.3 Å². The van der Waals surface area contributed by atoms with Crippen LogP contribution in [0.25, 0.3) is 20.7 Å². The van der Waals surface area contributed by atoms with Gasteiger partial charge in [-0.1, -0.05) is 59.1 Å². The normalized spacial score (nSPS) is 11.1. The van der Waals surface area contributed by atoms with E-state index in [9.17, 15) is 9.59 Å². The number of aromatic nitrogens is 2. The molecule has 0 bridgehead atoms. The van der Waals surface area contributed by atoms with E-state index in [-0.39, 0.29) is 11.5 Å². The summed E-state index contributed by atoms with van der Waals surface area (Å²) < 4.78 is 2.52. The van der Waals surface area contributed by atoms with Gasteiger partial charge in [0.2, 0.25) is 0 Å². The third-order valence-electron chi connectivity index (χ3n) is 5.58. The van der Waals surface area contributed by atoms with E-state index in [2.05, 4.69) is 10.3 Å². The number of benzene rings is 3. The summed E-state index contributed by atoms with van der Waals surface area (Å²) in [6.45, 7) is 2.49. The van der Waals surface area contributed by atoms with Crippen LogP contribution >= 0.6 is 34.5 Å². The SMILES string of the molecule is Cc1cccc(C(=O)Nc2ccc(-c3cc4c(s3)c(=O)ncn4Cc3ccc(Cl)cc3)cc2Cl)c1. The molecule has 5 rings (SSSR count). The molecule has 0 saturated carbocycles. The van der Waals surface area contributed by atoms with Crippen LogP contribution < -0.4 is 10.9 Å². The van der Waals surface area contributed by atoms with Gasteiger partial charge < -0.3 is 9.88 Å². The molecule has 0 aliphatic carbocycles. The number of anilines is 1. The molecule has 5 nitrogen and oxygen atoms in total. The second kappa shape index (κ2) is 9.66. The molecule has 2 aromatic heterocycles. The summed E-state index contributed by atoms with van der Waals surface area (Å²) in [5.41, 5.74) is 4.52. The Labute approximate surface area is 215 Å². The summed E-state index contributed by atoms with van der Waals surface area (Å²) in [5, 5.41) is 3.95. The van der Waals surface area contributed by atoms with Crippen molar-refractivity contribution in [3.63, 3.8) is 0 Å². The number of nitrogens with one attached hydrogen (secondary N) is 1. The van der Waals surface area contributed by atoms with Crippen molar-refractivity contribution in [1.82, 2.24) is 9.55 Å². The smallest absolute Gasteiger partial charge is 0.290 e. The van der Waals surface area contributed by atoms with Crippen molar-refractivity contribution in [3.05, 3.63) is 116 Å². The van der Waals surface area contributed by atoms with Crippen LogP contribution in [0, 0.1) is 6.92 Å². The number of fused-ring (bicyclic) bond motifs is 1. The van der Waals surface area contributed by atoms with Crippen molar-refractivity contribution in [2.24, 2.45) is 0 Å². The van der Waals surface area contributed by atoms with E-state index in [1.807, 2.05) is 66.1 Å². The van der Waals surface area contributed by atoms with E-state index in [0.717, 1.165) is 27.1 Å². The molecular formula is C27H19Cl2N3O2S. The number of nitrogens with zero attached hydrogens (tertiary/aromatic N) is 2. The maximum absolute atomic E-state index is 12.6. The number of thiophene rings is 1. The van der Waals surface area contributed by atoms with Gasteiger partial charge >= 0.3 is 0 Å². The molecule has 8 heteroatoms. The number of carbonyl (C=O) groups excluding carboxylic acids is 1. The number of amides is 1. The highest BCUT2D eigenvalue weighted by atomic mass is 35.5. The quantitative estimate of drug-likeness (QED) is 0.270. The summed E-state index contributed by atoms with van der Waals surface area (Å²) in [4.78, 5) is 30.0. The molecular weight excluding hydrogens is 501 g/mol. The minimum absolute atomic E-state index is 0.226. The van der Waals surface area contributed by atoms with Gasteiger partial charge in [-0.15, -0.1) is 11.3 Å². The molecule has 1 amide bonds. The van der Waals surface area contributed by atoms with E-state index in [1.54, 1.807) is 24.5 Å². The Morgan fingerprint density at radius 3 is 2.57 bits per heavy atom. The standard InChI is InChI=1S/C27H19Cl2N3O2S/c1-16-3-2-4-19(11-16)26(33)31-22-10-7-18(12-21(22)29)24-13-23-25(35-24)27(34)30-15-32(23)14-17-5-8-20(28)9-6-17/h2-13,15H,14H2,1H3,(H,31,33). The summed E-state index contributed by atoms with van der Waals surface area (Å²) in [6, 6.07) is 22.3. The molecule has 0 aliphatic heterocycles. The predicted molar refractivity (Wildman–Crippen MR) is 144 cm³/mol. The van der Waals surface area contributed by atoms with Gasteiger partial charge in [0.25, 0.3) is 11.5 Å². The third-order valence-corrected chi connectivity index (χ3v) is 7.30. The molecule has 3 aromatic carbocycles. The Balaban J connectivity index is 1.44. The molecule has 2 heterocycles. The van der Waals surface area contributed by atoms with Gasteiger partial charge in [-0.25, -0.2) is 0 Å². The van der Waals surface area contributed by atoms with Crippen LogP contribution in [-0.4, -0.2) is 15.5 Å². The maximum atomic E-state index is 12.6. The van der Waals surface area contributed by atoms with Gasteiger partial charge in [0.05, 0.1) is 22.6 Å². The molecule has 0 unspecified atom stereocenters. The van der Waals surface area contributed by atoms with E-state index in [4.69, 9.17) is 23.2 Å². The fourth-order valence-electron chi connectivity index (χ4n) is 3.80. The molecule has 0 fully saturated rings. The Bertz CT molecular complexity index is 1620. The van der Waals surface area contributed by atoms with Crippen molar-refractivity contribution in [2.75, 3.05) is 5.32 Å². The lowest BCUT2D eigenvalue weighted by Crippen LogP contribution is -2.12. The summed E-state index contributed by atoms with van der Waals surface area (Å²) >= 11 is 13.9. The zero-order chi connectivity index (χ0) is 24.5. The van der Waals surface area contributed by atoms with Crippen LogP contribution in [0.1, 0.15) is 21.5 Å². The zero-order valence-electron chi connectivity index (χ0n) is 18.6. The average Bonchev–Trinajstić information content (AvgIpc) is 3.30. The average molecular weight is 520 g/mol. The third kappa shape index (κ3) is 5.00. The fraction of sp³-hybridized carbons (Fsp3) is 0.0741. The number of rotatable bonds is 5. The highest BCUT2D eigenvalue weighted by Crippen LogP contribution is 2.35. The lowest BCUT2D eigenvalue weighted by molar-refractivity contribution is 0.102. The first-order valence-electron chi connectivity index (χ1n) is 10.8. The van der Waals surface area contributed by atoms with Crippen molar-refractivity contribution in [1.29, 1.82) is 0 Å². The number of aryl methyl sites for hydroxylation is 1. The Hall–Kier alpha value is -3.45. The van der Waals surface area contributed by atoms with Crippen LogP contribution in [0.4, 0.5) is 5.69 Å². The van der Waals surface area contributed by atoms with Crippen LogP contribution in [0.15, 0.2) is 83.9 Å². The number of carbonyl (C=O) groups is 1. The van der Waals surface area contributed by atoms with Crippen LogP contribution in [-0.2, 0) is 6.54 Å². The largest absolute Gasteiger partial charge is 0.326 e. The summed E-state index contributed by atoms with van der Waals surface area (Å²) in [7, 11) is 0. The molecule has 0 saturated heterocycles. The minimum Gasteiger partial charge on any atom is -0.326 e. The molecule has 0 radical (unpaired) electrons. The zero-order valence-corrected chi connectivity index (χ0v) is 20.9. The van der Waals surface area contributed by atoms with E-state index >= 15 is 0 Å². The first-order chi connectivity index (χ1) is 16.9. The highest BCUT2D eigenvalue weighted by Gasteiger charge is 2.14. The second-order valence-electron chi connectivity index (χ2n) is 8.15. The van der Waals surface area contributed by atoms with Gasteiger partial charge in [0, 0.05) is 22.0 Å². The second-order valence-corrected chi connectivity index (χ2v) is 10.0. The molecule has 0 atom stereocenters. The van der Waals surface area contributed by atoms with Gasteiger partial charge in [-0.3, -0.25) is 9.59 Å². The molecule has 35 heavy (non-hydrogen) atoms. The first kappa shape index (κ1) is 23.3. The van der Waals surface area contributed by atoms with Gasteiger partial charge in [0.1, 0.15) is 4.70 Å². The lowest BCUT2D eigenvalue weighted by atomic mass is 10.1. The monoisotopic (exact) mass is 519 g/mol. The van der Waals surface area contributed by atoms with Gasteiger partial charge in [0.15, 0.2) is 0 Å². The molecule has 0 spiro atoms. The van der Waals surface area contributed by atoms with Crippen molar-refractivity contribution < 1.29 is 4.79 Å². The predicted octanol–water partition coefficient (Wildman–Crippen LogP) is 7.04. The molecule has 5 aromatic rings. The first-order valence-corrected chi connectivity index (χ1v) is 12.4. The highest BCUT2D eigenvalue weighted by molar-refractivity contribution is 7.22. The molecule has 0 aliphatic rings. The molecule has 174 valence electrons. The number of hydrogen-bond acceptors (Lipinski definition) is 4. The Kier molecular flexibility index (Phi) is 6.43. The molecule has 1 N–H and O–H groups in total.